The fourth-order valence-electron chi connectivity index (χ4n) is 1.03. The van der Waals surface area contributed by atoms with Gasteiger partial charge >= 0.3 is 0 Å². The fraction of sp³-hybridized carbons (Fsp3) is 0.857. The monoisotopic (exact) mass is 113 g/mol. The molecule has 1 fully saturated rings. The molecule has 1 rings (SSSR count). The second-order valence-electron chi connectivity index (χ2n) is 2.55. The maximum atomic E-state index is 5.43. The summed E-state index contributed by atoms with van der Waals surface area (Å²) in [4.78, 5) is 0. The molecule has 8 heavy (non-hydrogen) atoms. The van der Waals surface area contributed by atoms with Crippen molar-refractivity contribution in [3.05, 3.63) is 6.42 Å². The van der Waals surface area contributed by atoms with Gasteiger partial charge in [-0.25, -0.2) is 0 Å². The summed E-state index contributed by atoms with van der Waals surface area (Å²) in [6, 6.07) is 0. The van der Waals surface area contributed by atoms with Crippen LogP contribution in [0.2, 0.25) is 0 Å². The second-order valence-corrected chi connectivity index (χ2v) is 2.55. The molecule has 1 nitrogen and oxygen atoms in total. The first-order valence-electron chi connectivity index (χ1n) is 3.21. The highest BCUT2D eigenvalue weighted by Gasteiger charge is 2.27. The van der Waals surface area contributed by atoms with E-state index in [0.717, 1.165) is 6.61 Å². The van der Waals surface area contributed by atoms with Crippen molar-refractivity contribution in [2.24, 2.45) is 0 Å². The van der Waals surface area contributed by atoms with Gasteiger partial charge in [0.25, 0.3) is 0 Å². The van der Waals surface area contributed by atoms with Crippen molar-refractivity contribution in [3.8, 4) is 0 Å². The summed E-state index contributed by atoms with van der Waals surface area (Å²) in [7, 11) is 0. The largest absolute Gasteiger partial charge is 0.375 e. The molecule has 0 aromatic rings. The lowest BCUT2D eigenvalue weighted by Crippen LogP contribution is -2.21. The van der Waals surface area contributed by atoms with Crippen molar-refractivity contribution in [3.63, 3.8) is 0 Å². The lowest BCUT2D eigenvalue weighted by atomic mass is 10.0. The molecule has 1 heterocycles. The summed E-state index contributed by atoms with van der Waals surface area (Å²) in [5.41, 5.74) is 0.111. The Morgan fingerprint density at radius 3 is 2.62 bits per heavy atom. The molecular formula is C7H13O. The van der Waals surface area contributed by atoms with Crippen molar-refractivity contribution >= 4 is 0 Å². The molecule has 0 amide bonds. The predicted octanol–water partition coefficient (Wildman–Crippen LogP) is 1.78. The van der Waals surface area contributed by atoms with Gasteiger partial charge in [-0.15, -0.1) is 0 Å². The smallest absolute Gasteiger partial charge is 0.0684 e. The van der Waals surface area contributed by atoms with E-state index in [1.54, 1.807) is 0 Å². The van der Waals surface area contributed by atoms with E-state index in [4.69, 9.17) is 4.74 Å². The van der Waals surface area contributed by atoms with Gasteiger partial charge in [0.05, 0.1) is 5.60 Å². The summed E-state index contributed by atoms with van der Waals surface area (Å²) < 4.78 is 5.43. The molecule has 0 aliphatic carbocycles. The molecule has 1 aliphatic heterocycles. The summed E-state index contributed by atoms with van der Waals surface area (Å²) >= 11 is 0. The molecule has 1 aliphatic rings. The van der Waals surface area contributed by atoms with Crippen LogP contribution in [0, 0.1) is 6.42 Å². The van der Waals surface area contributed by atoms with Gasteiger partial charge in [-0.05, 0) is 26.2 Å². The van der Waals surface area contributed by atoms with Crippen molar-refractivity contribution in [1.29, 1.82) is 0 Å². The van der Waals surface area contributed by atoms with Gasteiger partial charge in [-0.2, -0.15) is 0 Å². The summed E-state index contributed by atoms with van der Waals surface area (Å²) in [5, 5.41) is 0. The minimum atomic E-state index is 0.111. The van der Waals surface area contributed by atoms with Gasteiger partial charge < -0.3 is 4.74 Å². The number of hydrogen-bond acceptors (Lipinski definition) is 1. The molecule has 0 saturated carbocycles. The highest BCUT2D eigenvalue weighted by Crippen LogP contribution is 2.26. The molecule has 0 spiro atoms. The average molecular weight is 113 g/mol. The van der Waals surface area contributed by atoms with E-state index >= 15 is 0 Å². The lowest BCUT2D eigenvalue weighted by molar-refractivity contribution is 0.0482. The average Bonchev–Trinajstić information content (AvgIpc) is 2.17. The first kappa shape index (κ1) is 6.09. The predicted molar refractivity (Wildman–Crippen MR) is 33.6 cm³/mol. The molecule has 0 N–H and O–H groups in total. The minimum absolute atomic E-state index is 0.111. The van der Waals surface area contributed by atoms with Gasteiger partial charge in [0.15, 0.2) is 0 Å². The molecule has 0 aromatic carbocycles. The van der Waals surface area contributed by atoms with E-state index in [9.17, 15) is 0 Å². The molecule has 1 unspecified atom stereocenters. The zero-order chi connectivity index (χ0) is 6.04. The van der Waals surface area contributed by atoms with Crippen LogP contribution < -0.4 is 0 Å². The minimum Gasteiger partial charge on any atom is -0.375 e. The second kappa shape index (κ2) is 2.06. The Kier molecular flexibility index (Phi) is 1.57. The highest BCUT2D eigenvalue weighted by molar-refractivity contribution is 4.90. The van der Waals surface area contributed by atoms with E-state index in [0.29, 0.717) is 0 Å². The molecule has 1 radical (unpaired) electrons. The van der Waals surface area contributed by atoms with Gasteiger partial charge in [0.2, 0.25) is 0 Å². The van der Waals surface area contributed by atoms with Crippen molar-refractivity contribution in [1.82, 2.24) is 0 Å². The first-order chi connectivity index (χ1) is 3.77. The van der Waals surface area contributed by atoms with E-state index in [1.807, 2.05) is 0 Å². The maximum absolute atomic E-state index is 5.43. The van der Waals surface area contributed by atoms with Gasteiger partial charge in [0, 0.05) is 6.61 Å². The quantitative estimate of drug-likeness (QED) is 0.503. The van der Waals surface area contributed by atoms with Crippen LogP contribution in [0.3, 0.4) is 0 Å². The molecule has 0 aromatic heterocycles. The van der Waals surface area contributed by atoms with Crippen LogP contribution in [0.1, 0.15) is 26.7 Å². The third kappa shape index (κ3) is 1.03. The van der Waals surface area contributed by atoms with Crippen LogP contribution in [0.4, 0.5) is 0 Å². The number of ether oxygens (including phenoxy) is 1. The molecular weight excluding hydrogens is 100 g/mol. The van der Waals surface area contributed by atoms with Gasteiger partial charge in [-0.3, -0.25) is 0 Å². The Balaban J connectivity index is 2.40. The van der Waals surface area contributed by atoms with Crippen molar-refractivity contribution < 1.29 is 4.74 Å². The van der Waals surface area contributed by atoms with Crippen LogP contribution in [0.15, 0.2) is 0 Å². The van der Waals surface area contributed by atoms with E-state index in [1.165, 1.54) is 12.8 Å². The topological polar surface area (TPSA) is 9.23 Å². The molecule has 47 valence electrons. The Labute approximate surface area is 51.0 Å². The molecule has 1 atom stereocenters. The standard InChI is InChI=1S/C7H13O/c1-3-7(2)5-4-6-8-7/h3H,4-6H2,1-2H3. The third-order valence-electron chi connectivity index (χ3n) is 1.86. The fourth-order valence-corrected chi connectivity index (χ4v) is 1.03. The normalized spacial score (nSPS) is 38.2. The van der Waals surface area contributed by atoms with Crippen LogP contribution >= 0.6 is 0 Å². The Hall–Kier alpha value is -0.0400. The summed E-state index contributed by atoms with van der Waals surface area (Å²) in [6.07, 6.45) is 4.56. The number of hydrogen-bond donors (Lipinski definition) is 0. The van der Waals surface area contributed by atoms with E-state index < -0.39 is 0 Å². The zero-order valence-electron chi connectivity index (χ0n) is 5.61. The van der Waals surface area contributed by atoms with Crippen molar-refractivity contribution in [2.75, 3.05) is 6.61 Å². The number of rotatable bonds is 1. The van der Waals surface area contributed by atoms with E-state index in [-0.39, 0.29) is 5.60 Å². The summed E-state index contributed by atoms with van der Waals surface area (Å²) in [5.74, 6) is 0. The SMILES string of the molecule is C[CH]C1(C)CCCO1. The van der Waals surface area contributed by atoms with Gasteiger partial charge in [0.1, 0.15) is 0 Å². The Morgan fingerprint density at radius 2 is 2.38 bits per heavy atom. The van der Waals surface area contributed by atoms with Crippen LogP contribution in [0.5, 0.6) is 0 Å². The maximum Gasteiger partial charge on any atom is 0.0684 e. The van der Waals surface area contributed by atoms with Crippen molar-refractivity contribution in [2.45, 2.75) is 32.3 Å². The molecule has 0 bridgehead atoms. The van der Waals surface area contributed by atoms with E-state index in [2.05, 4.69) is 20.3 Å². The highest BCUT2D eigenvalue weighted by atomic mass is 16.5. The Bertz CT molecular complexity index is 72.5. The lowest BCUT2D eigenvalue weighted by Gasteiger charge is -2.19. The Morgan fingerprint density at radius 1 is 1.62 bits per heavy atom. The van der Waals surface area contributed by atoms with Crippen LogP contribution in [0.25, 0.3) is 0 Å². The van der Waals surface area contributed by atoms with Gasteiger partial charge in [-0.1, -0.05) is 6.92 Å². The summed E-state index contributed by atoms with van der Waals surface area (Å²) in [6.45, 7) is 5.14. The first-order valence-corrected chi connectivity index (χ1v) is 3.21. The molecule has 1 saturated heterocycles. The van der Waals surface area contributed by atoms with Crippen LogP contribution in [-0.4, -0.2) is 12.2 Å². The third-order valence-corrected chi connectivity index (χ3v) is 1.86. The zero-order valence-corrected chi connectivity index (χ0v) is 5.61. The molecule has 1 heteroatoms. The van der Waals surface area contributed by atoms with Crippen LogP contribution in [-0.2, 0) is 4.74 Å².